The summed E-state index contributed by atoms with van der Waals surface area (Å²) in [7, 11) is 0. The van der Waals surface area contributed by atoms with Gasteiger partial charge in [0.25, 0.3) is 0 Å². The number of para-hydroxylation sites is 4. The van der Waals surface area contributed by atoms with E-state index in [1.807, 2.05) is 0 Å². The van der Waals surface area contributed by atoms with Gasteiger partial charge in [0.2, 0.25) is 0 Å². The standard InChI is InChI=1S/C63H46N2O2/c1-41-38-42(2)58(43(3)39-41)61-64-54(48-30-20-34-52-59(48)66-56-36-18-16-32-50(56)62(52,44-22-8-4-9-23-44)45-24-10-5-11-25-45)40-55(65-61)49-31-21-35-53-60(49)67-57-37-19-17-33-51(57)63(53,46-26-12-6-13-27-46)47-28-14-7-15-29-47/h4-40H,1-3H3. The minimum Gasteiger partial charge on any atom is -0.456 e. The minimum absolute atomic E-state index is 0.639. The first-order valence-corrected chi connectivity index (χ1v) is 23.0. The van der Waals surface area contributed by atoms with Gasteiger partial charge in [-0.3, -0.25) is 0 Å². The molecular formula is C63H46N2O2. The molecule has 0 aliphatic carbocycles. The molecule has 4 nitrogen and oxygen atoms in total. The zero-order valence-electron chi connectivity index (χ0n) is 37.6. The highest BCUT2D eigenvalue weighted by Crippen LogP contribution is 2.59. The van der Waals surface area contributed by atoms with E-state index in [9.17, 15) is 0 Å². The van der Waals surface area contributed by atoms with Gasteiger partial charge in [-0.15, -0.1) is 0 Å². The maximum Gasteiger partial charge on any atom is 0.160 e. The van der Waals surface area contributed by atoms with Crippen molar-refractivity contribution in [1.29, 1.82) is 0 Å². The molecule has 0 saturated carbocycles. The highest BCUT2D eigenvalue weighted by Gasteiger charge is 2.48. The van der Waals surface area contributed by atoms with Crippen LogP contribution < -0.4 is 9.47 Å². The van der Waals surface area contributed by atoms with E-state index in [4.69, 9.17) is 19.4 Å². The third-order valence-electron chi connectivity index (χ3n) is 13.9. The van der Waals surface area contributed by atoms with Gasteiger partial charge in [-0.1, -0.05) is 200 Å². The predicted octanol–water partition coefficient (Wildman–Crippen LogP) is 15.4. The van der Waals surface area contributed by atoms with Crippen LogP contribution in [0.4, 0.5) is 0 Å². The molecule has 0 saturated heterocycles. The van der Waals surface area contributed by atoms with E-state index in [1.165, 1.54) is 5.56 Å². The van der Waals surface area contributed by atoms with Crippen molar-refractivity contribution < 1.29 is 9.47 Å². The first-order valence-electron chi connectivity index (χ1n) is 23.0. The van der Waals surface area contributed by atoms with E-state index in [1.54, 1.807) is 0 Å². The Morgan fingerprint density at radius 2 is 0.687 bits per heavy atom. The molecule has 0 radical (unpaired) electrons. The van der Waals surface area contributed by atoms with Crippen molar-refractivity contribution in [2.75, 3.05) is 0 Å². The minimum atomic E-state index is -0.691. The second kappa shape index (κ2) is 16.0. The lowest BCUT2D eigenvalue weighted by molar-refractivity contribution is 0.436. The van der Waals surface area contributed by atoms with E-state index in [-0.39, 0.29) is 0 Å². The molecular weight excluding hydrogens is 817 g/mol. The molecule has 4 heteroatoms. The monoisotopic (exact) mass is 862 g/mol. The lowest BCUT2D eigenvalue weighted by Gasteiger charge is -2.42. The van der Waals surface area contributed by atoms with Crippen molar-refractivity contribution >= 4 is 0 Å². The van der Waals surface area contributed by atoms with Crippen molar-refractivity contribution in [2.24, 2.45) is 0 Å². The molecule has 2 aliphatic heterocycles. The van der Waals surface area contributed by atoms with Gasteiger partial charge in [0.15, 0.2) is 5.82 Å². The van der Waals surface area contributed by atoms with Gasteiger partial charge in [0.1, 0.15) is 23.0 Å². The van der Waals surface area contributed by atoms with Crippen LogP contribution in [-0.4, -0.2) is 9.97 Å². The number of fused-ring (bicyclic) bond motifs is 4. The molecule has 12 rings (SSSR count). The fourth-order valence-electron chi connectivity index (χ4n) is 11.2. The molecule has 1 aromatic heterocycles. The smallest absolute Gasteiger partial charge is 0.160 e. The maximum absolute atomic E-state index is 7.19. The molecule has 10 aromatic rings. The zero-order chi connectivity index (χ0) is 45.1. The Morgan fingerprint density at radius 1 is 0.343 bits per heavy atom. The molecule has 0 unspecified atom stereocenters. The van der Waals surface area contributed by atoms with Gasteiger partial charge < -0.3 is 9.47 Å². The lowest BCUT2D eigenvalue weighted by atomic mass is 9.63. The third kappa shape index (κ3) is 6.21. The summed E-state index contributed by atoms with van der Waals surface area (Å²) in [6.07, 6.45) is 0. The summed E-state index contributed by atoms with van der Waals surface area (Å²) in [5.74, 6) is 3.76. The summed E-state index contributed by atoms with van der Waals surface area (Å²) < 4.78 is 14.4. The van der Waals surface area contributed by atoms with E-state index in [0.717, 1.165) is 107 Å². The van der Waals surface area contributed by atoms with Crippen LogP contribution in [0.5, 0.6) is 23.0 Å². The van der Waals surface area contributed by atoms with Crippen molar-refractivity contribution in [3.63, 3.8) is 0 Å². The van der Waals surface area contributed by atoms with Gasteiger partial charge in [0, 0.05) is 38.9 Å². The molecule has 0 amide bonds. The Labute approximate surface area is 391 Å². The topological polar surface area (TPSA) is 44.2 Å². The van der Waals surface area contributed by atoms with Gasteiger partial charge in [-0.25, -0.2) is 9.97 Å². The van der Waals surface area contributed by atoms with E-state index in [0.29, 0.717) is 5.82 Å². The normalized spacial score (nSPS) is 13.8. The maximum atomic E-state index is 7.19. The summed E-state index contributed by atoms with van der Waals surface area (Å²) in [6.45, 7) is 6.45. The molecule has 2 aliphatic rings. The molecule has 0 spiro atoms. The predicted molar refractivity (Wildman–Crippen MR) is 269 cm³/mol. The Bertz CT molecular complexity index is 3190. The molecule has 320 valence electrons. The van der Waals surface area contributed by atoms with Crippen LogP contribution in [-0.2, 0) is 10.8 Å². The van der Waals surface area contributed by atoms with E-state index >= 15 is 0 Å². The number of aromatic nitrogens is 2. The zero-order valence-corrected chi connectivity index (χ0v) is 37.6. The third-order valence-corrected chi connectivity index (χ3v) is 13.9. The second-order valence-corrected chi connectivity index (χ2v) is 17.8. The fourth-order valence-corrected chi connectivity index (χ4v) is 11.2. The number of rotatable bonds is 7. The average molecular weight is 863 g/mol. The number of hydrogen-bond acceptors (Lipinski definition) is 4. The summed E-state index contributed by atoms with van der Waals surface area (Å²) in [5.41, 5.74) is 15.1. The number of aryl methyl sites for hydroxylation is 3. The van der Waals surface area contributed by atoms with Crippen LogP contribution in [0, 0.1) is 20.8 Å². The van der Waals surface area contributed by atoms with E-state index in [2.05, 4.69) is 245 Å². The number of nitrogens with zero attached hydrogens (tertiary/aromatic N) is 2. The van der Waals surface area contributed by atoms with Gasteiger partial charge in [-0.05, 0) is 84.5 Å². The first-order chi connectivity index (χ1) is 33.0. The van der Waals surface area contributed by atoms with Gasteiger partial charge >= 0.3 is 0 Å². The molecule has 3 heterocycles. The number of ether oxygens (including phenoxy) is 2. The summed E-state index contributed by atoms with van der Waals surface area (Å²) in [4.78, 5) is 11.1. The van der Waals surface area contributed by atoms with Crippen LogP contribution in [0.1, 0.15) is 61.2 Å². The SMILES string of the molecule is Cc1cc(C)c(-c2nc(-c3cccc4c3Oc3ccccc3C4(c3ccccc3)c3ccccc3)cc(-c3cccc4c3Oc3ccccc3C4(c3ccccc3)c3ccccc3)n2)c(C)c1. The average Bonchev–Trinajstić information content (AvgIpc) is 3.37. The van der Waals surface area contributed by atoms with Gasteiger partial charge in [-0.2, -0.15) is 0 Å². The first kappa shape index (κ1) is 40.2. The number of benzene rings is 9. The molecule has 0 fully saturated rings. The molecule has 0 atom stereocenters. The fraction of sp³-hybridized carbons (Fsp3) is 0.0794. The second-order valence-electron chi connectivity index (χ2n) is 17.8. The van der Waals surface area contributed by atoms with Crippen LogP contribution in [0.2, 0.25) is 0 Å². The van der Waals surface area contributed by atoms with Crippen molar-refractivity contribution in [3.8, 4) is 56.9 Å². The Hall–Kier alpha value is -8.34. The molecule has 0 bridgehead atoms. The highest BCUT2D eigenvalue weighted by atomic mass is 16.5. The Balaban J connectivity index is 1.15. The summed E-state index contributed by atoms with van der Waals surface area (Å²) >= 11 is 0. The summed E-state index contributed by atoms with van der Waals surface area (Å²) in [6, 6.07) is 79.7. The quantitative estimate of drug-likeness (QED) is 0.160. The van der Waals surface area contributed by atoms with Gasteiger partial charge in [0.05, 0.1) is 22.2 Å². The van der Waals surface area contributed by atoms with Crippen LogP contribution in [0.15, 0.2) is 224 Å². The van der Waals surface area contributed by atoms with Crippen molar-refractivity contribution in [2.45, 2.75) is 31.6 Å². The van der Waals surface area contributed by atoms with Crippen LogP contribution >= 0.6 is 0 Å². The molecule has 67 heavy (non-hydrogen) atoms. The largest absolute Gasteiger partial charge is 0.456 e. The van der Waals surface area contributed by atoms with Crippen molar-refractivity contribution in [3.05, 3.63) is 286 Å². The Kier molecular flexibility index (Phi) is 9.58. The highest BCUT2D eigenvalue weighted by molar-refractivity contribution is 5.84. The van der Waals surface area contributed by atoms with Crippen LogP contribution in [0.25, 0.3) is 33.9 Å². The Morgan fingerprint density at radius 3 is 1.07 bits per heavy atom. The number of hydrogen-bond donors (Lipinski definition) is 0. The van der Waals surface area contributed by atoms with Crippen molar-refractivity contribution in [1.82, 2.24) is 9.97 Å². The molecule has 9 aromatic carbocycles. The molecule has 0 N–H and O–H groups in total. The van der Waals surface area contributed by atoms with Crippen LogP contribution in [0.3, 0.4) is 0 Å². The summed E-state index contributed by atoms with van der Waals surface area (Å²) in [5, 5.41) is 0. The van der Waals surface area contributed by atoms with E-state index < -0.39 is 10.8 Å². The lowest BCUT2D eigenvalue weighted by Crippen LogP contribution is -2.34.